The Hall–Kier alpha value is -0.0300. The molecule has 1 saturated heterocycles. The molecule has 1 aromatic carbocycles. The molecule has 0 spiro atoms. The maximum Gasteiger partial charge on any atom is 0.132 e. The molecule has 22 heavy (non-hydrogen) atoms. The van der Waals surface area contributed by atoms with Crippen molar-refractivity contribution in [2.24, 2.45) is 5.92 Å². The van der Waals surface area contributed by atoms with Crippen molar-refractivity contribution in [2.75, 3.05) is 26.0 Å². The van der Waals surface area contributed by atoms with E-state index in [1.807, 2.05) is 23.7 Å². The van der Waals surface area contributed by atoms with Gasteiger partial charge in [0.05, 0.1) is 6.61 Å². The van der Waals surface area contributed by atoms with Gasteiger partial charge in [-0.25, -0.2) is 0 Å². The minimum atomic E-state index is 0.575. The Balaban J connectivity index is 1.57. The van der Waals surface area contributed by atoms with Crippen LogP contribution < -0.4 is 4.74 Å². The second-order valence-corrected chi connectivity index (χ2v) is 8.59. The third-order valence-corrected chi connectivity index (χ3v) is 6.85. The lowest BCUT2D eigenvalue weighted by Gasteiger charge is -2.30. The molecular weight excluding hydrogens is 334 g/mol. The number of thioether (sulfide) groups is 1. The van der Waals surface area contributed by atoms with Gasteiger partial charge in [0.2, 0.25) is 0 Å². The van der Waals surface area contributed by atoms with Gasteiger partial charge >= 0.3 is 0 Å². The minimum Gasteiger partial charge on any atom is -0.492 e. The second kappa shape index (κ2) is 8.18. The van der Waals surface area contributed by atoms with E-state index in [0.717, 1.165) is 17.6 Å². The van der Waals surface area contributed by atoms with E-state index in [0.29, 0.717) is 11.8 Å². The van der Waals surface area contributed by atoms with Gasteiger partial charge in [-0.15, -0.1) is 23.4 Å². The first-order chi connectivity index (χ1) is 10.8. The van der Waals surface area contributed by atoms with Crippen LogP contribution in [0.2, 0.25) is 0 Å². The van der Waals surface area contributed by atoms with Crippen molar-refractivity contribution in [2.45, 2.75) is 41.7 Å². The zero-order valence-corrected chi connectivity index (χ0v) is 15.5. The molecule has 0 unspecified atom stereocenters. The van der Waals surface area contributed by atoms with E-state index < -0.39 is 0 Å². The highest BCUT2D eigenvalue weighted by Gasteiger charge is 2.25. The SMILES string of the molecule is CSN1CCC(COc2ccc(CCl)cc2SC2CC2)CC1. The summed E-state index contributed by atoms with van der Waals surface area (Å²) < 4.78 is 8.63. The number of benzene rings is 1. The van der Waals surface area contributed by atoms with Gasteiger partial charge in [0.1, 0.15) is 5.75 Å². The van der Waals surface area contributed by atoms with Crippen molar-refractivity contribution in [3.8, 4) is 5.75 Å². The fourth-order valence-corrected chi connectivity index (χ4v) is 4.61. The predicted octanol–water partition coefficient (Wildman–Crippen LogP) is 5.05. The molecular formula is C17H24ClNOS2. The van der Waals surface area contributed by atoms with Crippen LogP contribution in [0.5, 0.6) is 5.75 Å². The van der Waals surface area contributed by atoms with Gasteiger partial charge < -0.3 is 4.74 Å². The minimum absolute atomic E-state index is 0.575. The highest BCUT2D eigenvalue weighted by Crippen LogP contribution is 2.43. The average molecular weight is 358 g/mol. The van der Waals surface area contributed by atoms with Crippen molar-refractivity contribution < 1.29 is 4.74 Å². The van der Waals surface area contributed by atoms with E-state index in [9.17, 15) is 0 Å². The van der Waals surface area contributed by atoms with E-state index in [1.165, 1.54) is 49.2 Å². The third kappa shape index (κ3) is 4.73. The Labute approximate surface area is 147 Å². The Morgan fingerprint density at radius 1 is 1.23 bits per heavy atom. The maximum absolute atomic E-state index is 6.18. The number of hydrogen-bond acceptors (Lipinski definition) is 4. The lowest BCUT2D eigenvalue weighted by atomic mass is 9.99. The smallest absolute Gasteiger partial charge is 0.132 e. The van der Waals surface area contributed by atoms with Gasteiger partial charge in [0.15, 0.2) is 0 Å². The first kappa shape index (κ1) is 16.8. The molecule has 1 aromatic rings. The van der Waals surface area contributed by atoms with Gasteiger partial charge in [-0.2, -0.15) is 0 Å². The molecule has 1 aliphatic heterocycles. The summed E-state index contributed by atoms with van der Waals surface area (Å²) in [7, 11) is 0. The lowest BCUT2D eigenvalue weighted by Crippen LogP contribution is -2.30. The molecule has 0 aromatic heterocycles. The Kier molecular flexibility index (Phi) is 6.25. The van der Waals surface area contributed by atoms with E-state index in [1.54, 1.807) is 0 Å². The Morgan fingerprint density at radius 3 is 2.64 bits per heavy atom. The number of piperidine rings is 1. The average Bonchev–Trinajstić information content (AvgIpc) is 3.38. The fraction of sp³-hybridized carbons (Fsp3) is 0.647. The molecule has 1 aliphatic carbocycles. The normalized spacial score (nSPS) is 20.3. The standard InChI is InChI=1S/C17H24ClNOS2/c1-21-19-8-6-13(7-9-19)12-20-16-5-2-14(11-18)10-17(16)22-15-3-4-15/h2,5,10,13,15H,3-4,6-9,11-12H2,1H3. The van der Waals surface area contributed by atoms with Crippen LogP contribution in [0, 0.1) is 5.92 Å². The summed E-state index contributed by atoms with van der Waals surface area (Å²) in [6.07, 6.45) is 7.32. The van der Waals surface area contributed by atoms with Crippen LogP contribution in [-0.4, -0.2) is 35.5 Å². The fourth-order valence-electron chi connectivity index (χ4n) is 2.68. The van der Waals surface area contributed by atoms with E-state index in [2.05, 4.69) is 28.8 Å². The zero-order chi connectivity index (χ0) is 15.4. The van der Waals surface area contributed by atoms with Gasteiger partial charge in [-0.1, -0.05) is 18.0 Å². The second-order valence-electron chi connectivity index (χ2n) is 6.10. The third-order valence-electron chi connectivity index (χ3n) is 4.29. The summed E-state index contributed by atoms with van der Waals surface area (Å²) in [5, 5.41) is 0.790. The summed E-state index contributed by atoms with van der Waals surface area (Å²) in [5.74, 6) is 2.32. The molecule has 0 atom stereocenters. The van der Waals surface area contributed by atoms with Crippen molar-refractivity contribution in [3.63, 3.8) is 0 Å². The molecule has 5 heteroatoms. The lowest BCUT2D eigenvalue weighted by molar-refractivity contribution is 0.188. The van der Waals surface area contributed by atoms with Crippen LogP contribution >= 0.6 is 35.3 Å². The summed E-state index contributed by atoms with van der Waals surface area (Å²) in [6.45, 7) is 3.22. The topological polar surface area (TPSA) is 12.5 Å². The highest BCUT2D eigenvalue weighted by atomic mass is 35.5. The molecule has 0 radical (unpaired) electrons. The largest absolute Gasteiger partial charge is 0.492 e. The van der Waals surface area contributed by atoms with E-state index in [-0.39, 0.29) is 0 Å². The first-order valence-electron chi connectivity index (χ1n) is 8.06. The molecule has 1 heterocycles. The van der Waals surface area contributed by atoms with Crippen molar-refractivity contribution in [3.05, 3.63) is 23.8 Å². The van der Waals surface area contributed by atoms with Crippen LogP contribution in [0.25, 0.3) is 0 Å². The van der Waals surface area contributed by atoms with Crippen molar-refractivity contribution in [1.29, 1.82) is 0 Å². The van der Waals surface area contributed by atoms with Gasteiger partial charge in [0, 0.05) is 29.1 Å². The maximum atomic E-state index is 6.18. The Morgan fingerprint density at radius 2 is 2.00 bits per heavy atom. The van der Waals surface area contributed by atoms with Crippen LogP contribution in [0.3, 0.4) is 0 Å². The number of halogens is 1. The summed E-state index contributed by atoms with van der Waals surface area (Å²) >= 11 is 9.79. The molecule has 2 aliphatic rings. The highest BCUT2D eigenvalue weighted by molar-refractivity contribution is 8.00. The number of rotatable bonds is 7. The molecule has 1 saturated carbocycles. The van der Waals surface area contributed by atoms with Gasteiger partial charge in [-0.3, -0.25) is 4.31 Å². The molecule has 2 fully saturated rings. The van der Waals surface area contributed by atoms with Crippen LogP contribution in [-0.2, 0) is 5.88 Å². The number of hydrogen-bond donors (Lipinski definition) is 0. The number of ether oxygens (including phenoxy) is 1. The molecule has 122 valence electrons. The first-order valence-corrected chi connectivity index (χ1v) is 10.7. The van der Waals surface area contributed by atoms with Gasteiger partial charge in [0.25, 0.3) is 0 Å². The van der Waals surface area contributed by atoms with Crippen LogP contribution in [0.1, 0.15) is 31.2 Å². The molecule has 0 amide bonds. The number of alkyl halides is 1. The van der Waals surface area contributed by atoms with Crippen molar-refractivity contribution >= 4 is 35.3 Å². The predicted molar refractivity (Wildman–Crippen MR) is 98.2 cm³/mol. The van der Waals surface area contributed by atoms with Crippen LogP contribution in [0.4, 0.5) is 0 Å². The number of nitrogens with zero attached hydrogens (tertiary/aromatic N) is 1. The van der Waals surface area contributed by atoms with Gasteiger partial charge in [-0.05, 0) is 55.6 Å². The molecule has 0 bridgehead atoms. The molecule has 2 nitrogen and oxygen atoms in total. The zero-order valence-electron chi connectivity index (χ0n) is 13.1. The molecule has 0 N–H and O–H groups in total. The van der Waals surface area contributed by atoms with E-state index >= 15 is 0 Å². The quantitative estimate of drug-likeness (QED) is 0.500. The van der Waals surface area contributed by atoms with Crippen LogP contribution in [0.15, 0.2) is 23.1 Å². The Bertz CT molecular complexity index is 488. The summed E-state index contributed by atoms with van der Waals surface area (Å²) in [5.41, 5.74) is 1.19. The van der Waals surface area contributed by atoms with Crippen molar-refractivity contribution in [1.82, 2.24) is 4.31 Å². The molecule has 3 rings (SSSR count). The summed E-state index contributed by atoms with van der Waals surface area (Å²) in [6, 6.07) is 6.41. The van der Waals surface area contributed by atoms with E-state index in [4.69, 9.17) is 16.3 Å². The monoisotopic (exact) mass is 357 g/mol. The summed E-state index contributed by atoms with van der Waals surface area (Å²) in [4.78, 5) is 1.28.